The van der Waals surface area contributed by atoms with Crippen molar-refractivity contribution in [3.8, 4) is 0 Å². The van der Waals surface area contributed by atoms with E-state index in [-0.39, 0.29) is 24.9 Å². The minimum Gasteiger partial charge on any atom is -0.467 e. The molecule has 0 aromatic heterocycles. The summed E-state index contributed by atoms with van der Waals surface area (Å²) in [4.78, 5) is 38.6. The molecule has 2 aromatic carbocycles. The van der Waals surface area contributed by atoms with Gasteiger partial charge in [0.15, 0.2) is 0 Å². The first-order chi connectivity index (χ1) is 14.7. The van der Waals surface area contributed by atoms with Crippen LogP contribution < -0.4 is 10.6 Å². The molecule has 0 saturated carbocycles. The summed E-state index contributed by atoms with van der Waals surface area (Å²) in [6.07, 6.45) is 0.329. The van der Waals surface area contributed by atoms with Gasteiger partial charge in [0, 0.05) is 12.1 Å². The minimum absolute atomic E-state index is 0.0262. The number of rotatable bonds is 9. The van der Waals surface area contributed by atoms with Gasteiger partial charge in [0.1, 0.15) is 6.04 Å². The molecule has 0 aliphatic rings. The molecule has 31 heavy (non-hydrogen) atoms. The van der Waals surface area contributed by atoms with Crippen molar-refractivity contribution < 1.29 is 19.1 Å². The molecule has 1 atom stereocenters. The van der Waals surface area contributed by atoms with Crippen LogP contribution in [0.1, 0.15) is 22.3 Å². The van der Waals surface area contributed by atoms with Gasteiger partial charge in [0.05, 0.1) is 20.2 Å². The highest BCUT2D eigenvalue weighted by atomic mass is 16.5. The van der Waals surface area contributed by atoms with Crippen molar-refractivity contribution in [2.75, 3.05) is 32.6 Å². The summed E-state index contributed by atoms with van der Waals surface area (Å²) in [6.45, 7) is 5.93. The summed E-state index contributed by atoms with van der Waals surface area (Å²) in [5, 5.41) is 5.63. The summed E-state index contributed by atoms with van der Waals surface area (Å²) >= 11 is 0. The lowest BCUT2D eigenvalue weighted by molar-refractivity contribution is -0.145. The van der Waals surface area contributed by atoms with E-state index in [9.17, 15) is 14.4 Å². The van der Waals surface area contributed by atoms with Crippen molar-refractivity contribution in [1.29, 1.82) is 0 Å². The van der Waals surface area contributed by atoms with Crippen LogP contribution in [0.4, 0.5) is 5.69 Å². The van der Waals surface area contributed by atoms with Gasteiger partial charge in [0.25, 0.3) is 0 Å². The first-order valence-electron chi connectivity index (χ1n) is 10.2. The van der Waals surface area contributed by atoms with Gasteiger partial charge in [-0.05, 0) is 44.5 Å². The Hall–Kier alpha value is -3.19. The van der Waals surface area contributed by atoms with Crippen LogP contribution in [0, 0.1) is 20.8 Å². The molecule has 0 radical (unpaired) electrons. The third-order valence-corrected chi connectivity index (χ3v) is 4.87. The zero-order chi connectivity index (χ0) is 23.0. The van der Waals surface area contributed by atoms with Crippen LogP contribution in [0.15, 0.2) is 42.5 Å². The predicted octanol–water partition coefficient (Wildman–Crippen LogP) is 2.38. The Bertz CT molecular complexity index is 905. The van der Waals surface area contributed by atoms with E-state index >= 15 is 0 Å². The Labute approximate surface area is 183 Å². The molecule has 7 heteroatoms. The number of amides is 2. The number of likely N-dealkylation sites (N-methyl/N-ethyl adjacent to an activating group) is 1. The highest BCUT2D eigenvalue weighted by Crippen LogP contribution is 2.21. The third-order valence-electron chi connectivity index (χ3n) is 4.87. The maximum absolute atomic E-state index is 12.5. The molecule has 2 rings (SSSR count). The monoisotopic (exact) mass is 425 g/mol. The quantitative estimate of drug-likeness (QED) is 0.603. The Kier molecular flexibility index (Phi) is 8.75. The number of carbonyl (C=O) groups is 3. The lowest BCUT2D eigenvalue weighted by atomic mass is 10.1. The fourth-order valence-corrected chi connectivity index (χ4v) is 3.53. The Balaban J connectivity index is 1.91. The predicted molar refractivity (Wildman–Crippen MR) is 121 cm³/mol. The number of ether oxygens (including phenoxy) is 1. The number of methoxy groups -OCH3 is 1. The summed E-state index contributed by atoms with van der Waals surface area (Å²) in [5.74, 6) is -1.08. The highest BCUT2D eigenvalue weighted by molar-refractivity contribution is 5.94. The van der Waals surface area contributed by atoms with Crippen molar-refractivity contribution in [2.24, 2.45) is 0 Å². The molecule has 0 unspecified atom stereocenters. The number of nitrogens with one attached hydrogen (secondary N) is 2. The largest absolute Gasteiger partial charge is 0.467 e. The molecule has 0 saturated heterocycles. The Morgan fingerprint density at radius 3 is 2.13 bits per heavy atom. The second kappa shape index (κ2) is 11.3. The van der Waals surface area contributed by atoms with Crippen molar-refractivity contribution >= 4 is 23.5 Å². The molecule has 7 nitrogen and oxygen atoms in total. The van der Waals surface area contributed by atoms with Crippen LogP contribution in [-0.2, 0) is 25.5 Å². The fourth-order valence-electron chi connectivity index (χ4n) is 3.53. The van der Waals surface area contributed by atoms with E-state index in [1.807, 2.05) is 63.2 Å². The maximum atomic E-state index is 12.5. The van der Waals surface area contributed by atoms with Crippen molar-refractivity contribution in [1.82, 2.24) is 10.2 Å². The van der Waals surface area contributed by atoms with Gasteiger partial charge in [-0.25, -0.2) is 4.79 Å². The molecular weight excluding hydrogens is 394 g/mol. The topological polar surface area (TPSA) is 87.7 Å². The van der Waals surface area contributed by atoms with Gasteiger partial charge >= 0.3 is 5.97 Å². The number of hydrogen-bond acceptors (Lipinski definition) is 5. The summed E-state index contributed by atoms with van der Waals surface area (Å²) in [6, 6.07) is 12.6. The molecule has 0 heterocycles. The van der Waals surface area contributed by atoms with Crippen molar-refractivity contribution in [3.63, 3.8) is 0 Å². The van der Waals surface area contributed by atoms with Crippen LogP contribution in [0.25, 0.3) is 0 Å². The van der Waals surface area contributed by atoms with E-state index < -0.39 is 12.0 Å². The smallest absolute Gasteiger partial charge is 0.328 e. The van der Waals surface area contributed by atoms with E-state index in [2.05, 4.69) is 10.6 Å². The number of esters is 1. The summed E-state index contributed by atoms with van der Waals surface area (Å²) in [7, 11) is 2.97. The molecule has 2 aromatic rings. The van der Waals surface area contributed by atoms with Crippen LogP contribution in [0.3, 0.4) is 0 Å². The molecule has 2 N–H and O–H groups in total. The number of aryl methyl sites for hydroxylation is 3. The molecule has 166 valence electrons. The maximum Gasteiger partial charge on any atom is 0.328 e. The van der Waals surface area contributed by atoms with Gasteiger partial charge in [0.2, 0.25) is 11.8 Å². The molecule has 0 bridgehead atoms. The molecular formula is C24H31N3O4. The molecule has 0 aliphatic carbocycles. The normalized spacial score (nSPS) is 11.7. The van der Waals surface area contributed by atoms with E-state index in [4.69, 9.17) is 4.74 Å². The van der Waals surface area contributed by atoms with E-state index in [0.29, 0.717) is 6.42 Å². The molecule has 0 fully saturated rings. The number of hydrogen-bond donors (Lipinski definition) is 2. The van der Waals surface area contributed by atoms with Crippen LogP contribution >= 0.6 is 0 Å². The van der Waals surface area contributed by atoms with E-state index in [0.717, 1.165) is 27.9 Å². The second-order valence-electron chi connectivity index (χ2n) is 7.83. The van der Waals surface area contributed by atoms with Gasteiger partial charge in [-0.1, -0.05) is 48.0 Å². The minimum atomic E-state index is -0.792. The lowest BCUT2D eigenvalue weighted by Gasteiger charge is -2.20. The number of carbonyl (C=O) groups excluding carboxylic acids is 3. The number of benzene rings is 2. The van der Waals surface area contributed by atoms with Crippen LogP contribution in [-0.4, -0.2) is 56.0 Å². The number of anilines is 1. The zero-order valence-electron chi connectivity index (χ0n) is 18.8. The summed E-state index contributed by atoms with van der Waals surface area (Å²) in [5.41, 5.74) is 4.83. The second-order valence-corrected chi connectivity index (χ2v) is 7.83. The Morgan fingerprint density at radius 2 is 1.55 bits per heavy atom. The van der Waals surface area contributed by atoms with Crippen LogP contribution in [0.5, 0.6) is 0 Å². The van der Waals surface area contributed by atoms with E-state index in [1.165, 1.54) is 7.11 Å². The molecule has 0 spiro atoms. The first kappa shape index (κ1) is 24.1. The third kappa shape index (κ3) is 7.53. The molecule has 0 aliphatic heterocycles. The lowest BCUT2D eigenvalue weighted by Crippen LogP contribution is -2.47. The fraction of sp³-hybridized carbons (Fsp3) is 0.375. The highest BCUT2D eigenvalue weighted by Gasteiger charge is 2.23. The molecule has 2 amide bonds. The summed E-state index contributed by atoms with van der Waals surface area (Å²) < 4.78 is 4.82. The first-order valence-corrected chi connectivity index (χ1v) is 10.2. The van der Waals surface area contributed by atoms with Gasteiger partial charge < -0.3 is 15.4 Å². The number of nitrogens with zero attached hydrogens (tertiary/aromatic N) is 1. The zero-order valence-corrected chi connectivity index (χ0v) is 18.8. The van der Waals surface area contributed by atoms with Crippen molar-refractivity contribution in [2.45, 2.75) is 33.2 Å². The standard InChI is InChI=1S/C24H31N3O4/c1-16-11-17(2)23(18(3)12-16)26-22(29)15-27(4)14-21(28)25-20(24(30)31-5)13-19-9-7-6-8-10-19/h6-12,20H,13-15H2,1-5H3,(H,25,28)(H,26,29)/t20-/m1/s1. The average Bonchev–Trinajstić information content (AvgIpc) is 2.70. The van der Waals surface area contributed by atoms with Gasteiger partial charge in [-0.15, -0.1) is 0 Å². The van der Waals surface area contributed by atoms with E-state index in [1.54, 1.807) is 11.9 Å². The van der Waals surface area contributed by atoms with Crippen LogP contribution in [0.2, 0.25) is 0 Å². The van der Waals surface area contributed by atoms with Gasteiger partial charge in [-0.2, -0.15) is 0 Å². The SMILES string of the molecule is COC(=O)[C@@H](Cc1ccccc1)NC(=O)CN(C)CC(=O)Nc1c(C)cc(C)cc1C. The average molecular weight is 426 g/mol. The Morgan fingerprint density at radius 1 is 0.968 bits per heavy atom. The van der Waals surface area contributed by atoms with Gasteiger partial charge in [-0.3, -0.25) is 14.5 Å². The van der Waals surface area contributed by atoms with Crippen molar-refractivity contribution in [3.05, 3.63) is 64.7 Å².